The molecule has 1 amide bonds. The van der Waals surface area contributed by atoms with Gasteiger partial charge in [-0.05, 0) is 43.0 Å². The standard InChI is InChI=1S/C21H23ClFNO2/c1-15-4-2-5-16(10-15)13-24(14-19-6-3-9-26-19)21(25)11-17-7-8-18(23)12-20(17)22/h2,4-5,7-8,10,12,19H,3,6,9,11,13-14H2,1H3. The third kappa shape index (κ3) is 5.05. The average molecular weight is 376 g/mol. The van der Waals surface area contributed by atoms with Crippen LogP contribution in [0.5, 0.6) is 0 Å². The number of aryl methyl sites for hydroxylation is 1. The summed E-state index contributed by atoms with van der Waals surface area (Å²) in [6.45, 7) is 3.87. The average Bonchev–Trinajstić information content (AvgIpc) is 3.10. The fourth-order valence-electron chi connectivity index (χ4n) is 3.26. The molecule has 1 unspecified atom stereocenters. The molecule has 1 aliphatic heterocycles. The van der Waals surface area contributed by atoms with Gasteiger partial charge in [-0.2, -0.15) is 0 Å². The molecule has 5 heteroatoms. The highest BCUT2D eigenvalue weighted by Gasteiger charge is 2.23. The number of hydrogen-bond acceptors (Lipinski definition) is 2. The maximum absolute atomic E-state index is 13.2. The van der Waals surface area contributed by atoms with Crippen LogP contribution >= 0.6 is 11.6 Å². The zero-order chi connectivity index (χ0) is 18.5. The number of carbonyl (C=O) groups is 1. The Labute approximate surface area is 158 Å². The minimum atomic E-state index is -0.401. The van der Waals surface area contributed by atoms with Gasteiger partial charge in [-0.15, -0.1) is 0 Å². The lowest BCUT2D eigenvalue weighted by molar-refractivity contribution is -0.132. The molecular weight excluding hydrogens is 353 g/mol. The van der Waals surface area contributed by atoms with Crippen molar-refractivity contribution in [2.45, 2.75) is 38.8 Å². The van der Waals surface area contributed by atoms with Crippen molar-refractivity contribution < 1.29 is 13.9 Å². The number of nitrogens with zero attached hydrogens (tertiary/aromatic N) is 1. The molecule has 0 aromatic heterocycles. The molecule has 0 bridgehead atoms. The molecule has 2 aromatic carbocycles. The first-order chi connectivity index (χ1) is 12.5. The maximum Gasteiger partial charge on any atom is 0.227 e. The Morgan fingerprint density at radius 2 is 2.15 bits per heavy atom. The van der Waals surface area contributed by atoms with Gasteiger partial charge in [0.15, 0.2) is 0 Å². The van der Waals surface area contributed by atoms with Crippen LogP contribution < -0.4 is 0 Å². The van der Waals surface area contributed by atoms with Crippen molar-refractivity contribution in [2.75, 3.05) is 13.2 Å². The number of halogens is 2. The highest BCUT2D eigenvalue weighted by atomic mass is 35.5. The largest absolute Gasteiger partial charge is 0.376 e. The lowest BCUT2D eigenvalue weighted by atomic mass is 10.1. The molecule has 2 aromatic rings. The van der Waals surface area contributed by atoms with E-state index in [2.05, 4.69) is 6.07 Å². The van der Waals surface area contributed by atoms with Crippen LogP contribution in [0, 0.1) is 12.7 Å². The second-order valence-corrected chi connectivity index (χ2v) is 7.22. The highest BCUT2D eigenvalue weighted by Crippen LogP contribution is 2.21. The summed E-state index contributed by atoms with van der Waals surface area (Å²) in [4.78, 5) is 14.8. The first-order valence-corrected chi connectivity index (χ1v) is 9.28. The minimum absolute atomic E-state index is 0.0319. The van der Waals surface area contributed by atoms with Crippen molar-refractivity contribution in [3.05, 3.63) is 70.0 Å². The highest BCUT2D eigenvalue weighted by molar-refractivity contribution is 6.31. The van der Waals surface area contributed by atoms with Gasteiger partial charge in [0, 0.05) is 24.7 Å². The third-order valence-electron chi connectivity index (χ3n) is 4.61. The van der Waals surface area contributed by atoms with Gasteiger partial charge in [0.05, 0.1) is 12.5 Å². The molecule has 3 nitrogen and oxygen atoms in total. The van der Waals surface area contributed by atoms with Crippen LogP contribution in [-0.2, 0) is 22.5 Å². The van der Waals surface area contributed by atoms with Gasteiger partial charge >= 0.3 is 0 Å². The van der Waals surface area contributed by atoms with E-state index in [1.54, 1.807) is 6.07 Å². The molecule has 1 saturated heterocycles. The number of ether oxygens (including phenoxy) is 1. The Morgan fingerprint density at radius 1 is 1.31 bits per heavy atom. The fourth-order valence-corrected chi connectivity index (χ4v) is 3.49. The van der Waals surface area contributed by atoms with E-state index in [-0.39, 0.29) is 23.5 Å². The molecule has 1 heterocycles. The molecular formula is C21H23ClFNO2. The van der Waals surface area contributed by atoms with E-state index in [0.29, 0.717) is 18.7 Å². The normalized spacial score (nSPS) is 16.7. The van der Waals surface area contributed by atoms with Gasteiger partial charge in [0.25, 0.3) is 0 Å². The van der Waals surface area contributed by atoms with Crippen molar-refractivity contribution in [3.63, 3.8) is 0 Å². The Hall–Kier alpha value is -1.91. The van der Waals surface area contributed by atoms with E-state index in [0.717, 1.165) is 30.6 Å². The zero-order valence-corrected chi connectivity index (χ0v) is 15.6. The van der Waals surface area contributed by atoms with E-state index < -0.39 is 5.82 Å². The van der Waals surface area contributed by atoms with Crippen LogP contribution in [0.25, 0.3) is 0 Å². The Morgan fingerprint density at radius 3 is 2.85 bits per heavy atom. The predicted octanol–water partition coefficient (Wildman–Crippen LogP) is 4.54. The van der Waals surface area contributed by atoms with E-state index >= 15 is 0 Å². The Balaban J connectivity index is 1.75. The van der Waals surface area contributed by atoms with Gasteiger partial charge in [-0.1, -0.05) is 47.5 Å². The van der Waals surface area contributed by atoms with Gasteiger partial charge in [-0.25, -0.2) is 4.39 Å². The Bertz CT molecular complexity index is 774. The van der Waals surface area contributed by atoms with Crippen LogP contribution in [0.4, 0.5) is 4.39 Å². The molecule has 1 fully saturated rings. The number of rotatable bonds is 6. The molecule has 0 N–H and O–H groups in total. The van der Waals surface area contributed by atoms with Gasteiger partial charge in [0.1, 0.15) is 5.82 Å². The van der Waals surface area contributed by atoms with Gasteiger partial charge in [-0.3, -0.25) is 4.79 Å². The Kier molecular flexibility index (Phi) is 6.28. The summed E-state index contributed by atoms with van der Waals surface area (Å²) >= 11 is 6.09. The second kappa shape index (κ2) is 8.65. The molecule has 1 aliphatic rings. The summed E-state index contributed by atoms with van der Waals surface area (Å²) in [5.74, 6) is -0.433. The SMILES string of the molecule is Cc1cccc(CN(CC2CCCO2)C(=O)Cc2ccc(F)cc2Cl)c1. The molecule has 26 heavy (non-hydrogen) atoms. The summed E-state index contributed by atoms with van der Waals surface area (Å²) in [6, 6.07) is 12.3. The first kappa shape index (κ1) is 18.9. The molecule has 0 radical (unpaired) electrons. The first-order valence-electron chi connectivity index (χ1n) is 8.90. The van der Waals surface area contributed by atoms with Gasteiger partial charge < -0.3 is 9.64 Å². The maximum atomic E-state index is 13.2. The van der Waals surface area contributed by atoms with Crippen molar-refractivity contribution in [3.8, 4) is 0 Å². The van der Waals surface area contributed by atoms with Crippen LogP contribution in [-0.4, -0.2) is 30.1 Å². The summed E-state index contributed by atoms with van der Waals surface area (Å²) in [7, 11) is 0. The lowest BCUT2D eigenvalue weighted by Gasteiger charge is -2.26. The topological polar surface area (TPSA) is 29.5 Å². The molecule has 0 saturated carbocycles. The quantitative estimate of drug-likeness (QED) is 0.742. The monoisotopic (exact) mass is 375 g/mol. The van der Waals surface area contributed by atoms with Crippen LogP contribution in [0.3, 0.4) is 0 Å². The zero-order valence-electron chi connectivity index (χ0n) is 14.9. The van der Waals surface area contributed by atoms with E-state index in [1.165, 1.54) is 12.1 Å². The second-order valence-electron chi connectivity index (χ2n) is 6.81. The minimum Gasteiger partial charge on any atom is -0.376 e. The third-order valence-corrected chi connectivity index (χ3v) is 4.97. The molecule has 0 spiro atoms. The van der Waals surface area contributed by atoms with Crippen LogP contribution in [0.15, 0.2) is 42.5 Å². The smallest absolute Gasteiger partial charge is 0.227 e. The van der Waals surface area contributed by atoms with E-state index in [9.17, 15) is 9.18 Å². The van der Waals surface area contributed by atoms with Crippen molar-refractivity contribution in [1.29, 1.82) is 0 Å². The van der Waals surface area contributed by atoms with Crippen molar-refractivity contribution in [1.82, 2.24) is 4.90 Å². The molecule has 3 rings (SSSR count). The molecule has 138 valence electrons. The summed E-state index contributed by atoms with van der Waals surface area (Å²) in [5.41, 5.74) is 2.88. The van der Waals surface area contributed by atoms with Crippen molar-refractivity contribution in [2.24, 2.45) is 0 Å². The summed E-state index contributed by atoms with van der Waals surface area (Å²) < 4.78 is 19.0. The number of carbonyl (C=O) groups excluding carboxylic acids is 1. The number of hydrogen-bond donors (Lipinski definition) is 0. The molecule has 0 aliphatic carbocycles. The lowest BCUT2D eigenvalue weighted by Crippen LogP contribution is -2.37. The predicted molar refractivity (Wildman–Crippen MR) is 101 cm³/mol. The van der Waals surface area contributed by atoms with Crippen LogP contribution in [0.1, 0.15) is 29.5 Å². The summed E-state index contributed by atoms with van der Waals surface area (Å²) in [6.07, 6.45) is 2.22. The molecule has 1 atom stereocenters. The number of benzene rings is 2. The van der Waals surface area contributed by atoms with Crippen LogP contribution in [0.2, 0.25) is 5.02 Å². The van der Waals surface area contributed by atoms with E-state index in [1.807, 2.05) is 30.0 Å². The van der Waals surface area contributed by atoms with Crippen molar-refractivity contribution >= 4 is 17.5 Å². The van der Waals surface area contributed by atoms with E-state index in [4.69, 9.17) is 16.3 Å². The number of amides is 1. The van der Waals surface area contributed by atoms with Gasteiger partial charge in [0.2, 0.25) is 5.91 Å². The summed E-state index contributed by atoms with van der Waals surface area (Å²) in [5, 5.41) is 0.283. The fraction of sp³-hybridized carbons (Fsp3) is 0.381.